The third-order valence-electron chi connectivity index (χ3n) is 1.72. The third-order valence-corrected chi connectivity index (χ3v) is 1.72. The van der Waals surface area contributed by atoms with Crippen LogP contribution >= 0.6 is 0 Å². The molecule has 1 atom stereocenters. The van der Waals surface area contributed by atoms with Gasteiger partial charge in [0.05, 0.1) is 0 Å². The lowest BCUT2D eigenvalue weighted by Gasteiger charge is -2.06. The molecular formula is C6H12N2O2. The molecule has 0 aliphatic carbocycles. The molecule has 1 heterocycles. The van der Waals surface area contributed by atoms with Gasteiger partial charge in [-0.2, -0.15) is 0 Å². The summed E-state index contributed by atoms with van der Waals surface area (Å²) in [7, 11) is 0. The fourth-order valence-corrected chi connectivity index (χ4v) is 1.20. The molecule has 1 aliphatic rings. The Balaban J connectivity index is 2.17. The Morgan fingerprint density at radius 3 is 3.10 bits per heavy atom. The first-order valence-corrected chi connectivity index (χ1v) is 3.49. The minimum Gasteiger partial charge on any atom is -0.313 e. The van der Waals surface area contributed by atoms with Crippen molar-refractivity contribution >= 4 is 5.91 Å². The van der Waals surface area contributed by atoms with Gasteiger partial charge in [0.1, 0.15) is 0 Å². The van der Waals surface area contributed by atoms with Crippen LogP contribution in [0.25, 0.3) is 0 Å². The van der Waals surface area contributed by atoms with Crippen molar-refractivity contribution in [1.82, 2.24) is 10.8 Å². The Morgan fingerprint density at radius 1 is 1.80 bits per heavy atom. The fraction of sp³-hybridized carbons (Fsp3) is 0.833. The van der Waals surface area contributed by atoms with Gasteiger partial charge in [-0.1, -0.05) is 0 Å². The van der Waals surface area contributed by atoms with Gasteiger partial charge in [-0.3, -0.25) is 10.0 Å². The predicted octanol–water partition coefficient (Wildman–Crippen LogP) is -0.366. The number of amides is 1. The van der Waals surface area contributed by atoms with Crippen LogP contribution in [-0.4, -0.2) is 23.7 Å². The number of hydrogen-bond acceptors (Lipinski definition) is 3. The van der Waals surface area contributed by atoms with Gasteiger partial charge in [-0.25, -0.2) is 5.48 Å². The lowest BCUT2D eigenvalue weighted by Crippen LogP contribution is -2.29. The van der Waals surface area contributed by atoms with Crippen molar-refractivity contribution in [1.29, 1.82) is 0 Å². The van der Waals surface area contributed by atoms with E-state index in [0.29, 0.717) is 6.42 Å². The Morgan fingerprint density at radius 2 is 2.60 bits per heavy atom. The van der Waals surface area contributed by atoms with Crippen molar-refractivity contribution < 1.29 is 10.0 Å². The summed E-state index contributed by atoms with van der Waals surface area (Å²) in [5, 5.41) is 11.3. The van der Waals surface area contributed by atoms with Crippen LogP contribution < -0.4 is 10.8 Å². The third kappa shape index (κ3) is 1.97. The van der Waals surface area contributed by atoms with E-state index in [9.17, 15) is 4.79 Å². The summed E-state index contributed by atoms with van der Waals surface area (Å²) < 4.78 is 0. The number of hydrogen-bond donors (Lipinski definition) is 3. The molecule has 4 heteroatoms. The van der Waals surface area contributed by atoms with E-state index in [1.54, 1.807) is 5.48 Å². The molecule has 4 nitrogen and oxygen atoms in total. The zero-order valence-corrected chi connectivity index (χ0v) is 5.76. The van der Waals surface area contributed by atoms with Crippen LogP contribution in [0.15, 0.2) is 0 Å². The molecule has 0 aromatic carbocycles. The van der Waals surface area contributed by atoms with Gasteiger partial charge in [0, 0.05) is 12.5 Å². The molecule has 1 unspecified atom stereocenters. The molecule has 1 fully saturated rings. The van der Waals surface area contributed by atoms with Crippen molar-refractivity contribution in [2.45, 2.75) is 25.3 Å². The lowest BCUT2D eigenvalue weighted by atomic mass is 10.1. The van der Waals surface area contributed by atoms with E-state index >= 15 is 0 Å². The Hall–Kier alpha value is -0.610. The van der Waals surface area contributed by atoms with Crippen LogP contribution in [0, 0.1) is 0 Å². The minimum absolute atomic E-state index is 0.271. The molecule has 3 N–H and O–H groups in total. The summed E-state index contributed by atoms with van der Waals surface area (Å²) in [6.45, 7) is 0.989. The molecule has 0 radical (unpaired) electrons. The van der Waals surface area contributed by atoms with Gasteiger partial charge in [0.2, 0.25) is 5.91 Å². The van der Waals surface area contributed by atoms with Crippen LogP contribution in [0.1, 0.15) is 19.3 Å². The highest BCUT2D eigenvalue weighted by Crippen LogP contribution is 2.07. The van der Waals surface area contributed by atoms with E-state index in [4.69, 9.17) is 5.21 Å². The molecule has 1 saturated heterocycles. The Kier molecular flexibility index (Phi) is 2.65. The predicted molar refractivity (Wildman–Crippen MR) is 35.6 cm³/mol. The smallest absolute Gasteiger partial charge is 0.244 e. The SMILES string of the molecule is O=C(CC1CCCN1)NO. The van der Waals surface area contributed by atoms with E-state index in [-0.39, 0.29) is 11.9 Å². The maximum Gasteiger partial charge on any atom is 0.244 e. The molecule has 0 bridgehead atoms. The average molecular weight is 144 g/mol. The molecular weight excluding hydrogens is 132 g/mol. The molecule has 1 amide bonds. The van der Waals surface area contributed by atoms with Crippen LogP contribution in [0.4, 0.5) is 0 Å². The van der Waals surface area contributed by atoms with Gasteiger partial charge < -0.3 is 5.32 Å². The molecule has 0 aromatic rings. The summed E-state index contributed by atoms with van der Waals surface area (Å²) in [5.41, 5.74) is 1.61. The summed E-state index contributed by atoms with van der Waals surface area (Å²) in [5.74, 6) is -0.306. The van der Waals surface area contributed by atoms with E-state index < -0.39 is 0 Å². The highest BCUT2D eigenvalue weighted by molar-refractivity contribution is 5.75. The number of nitrogens with one attached hydrogen (secondary N) is 2. The number of hydroxylamine groups is 1. The van der Waals surface area contributed by atoms with Gasteiger partial charge in [-0.05, 0) is 19.4 Å². The summed E-state index contributed by atoms with van der Waals surface area (Å²) in [4.78, 5) is 10.6. The van der Waals surface area contributed by atoms with Crippen LogP contribution in [0.2, 0.25) is 0 Å². The molecule has 0 aromatic heterocycles. The molecule has 1 aliphatic heterocycles. The van der Waals surface area contributed by atoms with Gasteiger partial charge in [-0.15, -0.1) is 0 Å². The second-order valence-electron chi connectivity index (χ2n) is 2.53. The normalized spacial score (nSPS) is 24.7. The second kappa shape index (κ2) is 3.53. The van der Waals surface area contributed by atoms with Crippen LogP contribution in [-0.2, 0) is 4.79 Å². The summed E-state index contributed by atoms with van der Waals surface area (Å²) >= 11 is 0. The van der Waals surface area contributed by atoms with Crippen molar-refractivity contribution in [3.63, 3.8) is 0 Å². The Labute approximate surface area is 59.6 Å². The Bertz CT molecular complexity index is 121. The first-order chi connectivity index (χ1) is 4.83. The van der Waals surface area contributed by atoms with E-state index in [1.165, 1.54) is 0 Å². The van der Waals surface area contributed by atoms with Crippen molar-refractivity contribution in [2.24, 2.45) is 0 Å². The van der Waals surface area contributed by atoms with Crippen LogP contribution in [0.5, 0.6) is 0 Å². The topological polar surface area (TPSA) is 61.4 Å². The number of rotatable bonds is 2. The number of carbonyl (C=O) groups is 1. The molecule has 10 heavy (non-hydrogen) atoms. The average Bonchev–Trinajstić information content (AvgIpc) is 2.40. The zero-order valence-electron chi connectivity index (χ0n) is 5.76. The molecule has 0 saturated carbocycles. The second-order valence-corrected chi connectivity index (χ2v) is 2.53. The summed E-state index contributed by atoms with van der Waals surface area (Å²) in [6, 6.07) is 0.271. The van der Waals surface area contributed by atoms with Gasteiger partial charge in [0.25, 0.3) is 0 Å². The van der Waals surface area contributed by atoms with Crippen LogP contribution in [0.3, 0.4) is 0 Å². The highest BCUT2D eigenvalue weighted by Gasteiger charge is 2.16. The van der Waals surface area contributed by atoms with Crippen molar-refractivity contribution in [2.75, 3.05) is 6.54 Å². The largest absolute Gasteiger partial charge is 0.313 e. The maximum atomic E-state index is 10.6. The standard InChI is InChI=1S/C6H12N2O2/c9-6(8-10)4-5-2-1-3-7-5/h5,7,10H,1-4H2,(H,8,9). The first kappa shape index (κ1) is 7.50. The minimum atomic E-state index is -0.306. The van der Waals surface area contributed by atoms with Gasteiger partial charge in [0.15, 0.2) is 0 Å². The van der Waals surface area contributed by atoms with E-state index in [0.717, 1.165) is 19.4 Å². The summed E-state index contributed by atoms with van der Waals surface area (Å²) in [6.07, 6.45) is 2.55. The van der Waals surface area contributed by atoms with Crippen molar-refractivity contribution in [3.05, 3.63) is 0 Å². The first-order valence-electron chi connectivity index (χ1n) is 3.49. The molecule has 1 rings (SSSR count). The monoisotopic (exact) mass is 144 g/mol. The quantitative estimate of drug-likeness (QED) is 0.366. The van der Waals surface area contributed by atoms with E-state index in [2.05, 4.69) is 5.32 Å². The zero-order chi connectivity index (χ0) is 7.40. The lowest BCUT2D eigenvalue weighted by molar-refractivity contribution is -0.129. The van der Waals surface area contributed by atoms with Gasteiger partial charge >= 0.3 is 0 Å². The van der Waals surface area contributed by atoms with E-state index in [1.807, 2.05) is 0 Å². The van der Waals surface area contributed by atoms with Crippen molar-refractivity contribution in [3.8, 4) is 0 Å². The fourth-order valence-electron chi connectivity index (χ4n) is 1.20. The highest BCUT2D eigenvalue weighted by atomic mass is 16.5. The molecule has 58 valence electrons. The molecule has 0 spiro atoms. The maximum absolute atomic E-state index is 10.6. The number of carbonyl (C=O) groups excluding carboxylic acids is 1.